The maximum Gasteiger partial charge on any atom is 0.401 e. The lowest BCUT2D eigenvalue weighted by Gasteiger charge is -2.36. The molecule has 5 heterocycles. The molecule has 0 radical (unpaired) electrons. The number of hydrogen-bond donors (Lipinski definition) is 2. The van der Waals surface area contributed by atoms with E-state index in [1.807, 2.05) is 19.1 Å². The Bertz CT molecular complexity index is 1340. The normalized spacial score (nSPS) is 25.4. The number of rotatable bonds is 5. The predicted molar refractivity (Wildman–Crippen MR) is 124 cm³/mol. The van der Waals surface area contributed by atoms with Crippen LogP contribution in [0.3, 0.4) is 0 Å². The first-order valence-corrected chi connectivity index (χ1v) is 11.8. The number of anilines is 2. The van der Waals surface area contributed by atoms with Crippen LogP contribution in [0.4, 0.5) is 24.5 Å². The van der Waals surface area contributed by atoms with Crippen molar-refractivity contribution in [3.05, 3.63) is 47.9 Å². The highest BCUT2D eigenvalue weighted by Gasteiger charge is 2.47. The summed E-state index contributed by atoms with van der Waals surface area (Å²) in [6.07, 6.45) is 1.56. The molecule has 36 heavy (non-hydrogen) atoms. The first-order valence-electron chi connectivity index (χ1n) is 11.8. The molecule has 3 aliphatic rings. The van der Waals surface area contributed by atoms with Crippen molar-refractivity contribution >= 4 is 22.9 Å². The fourth-order valence-electron chi connectivity index (χ4n) is 5.62. The van der Waals surface area contributed by atoms with E-state index in [2.05, 4.69) is 20.3 Å². The summed E-state index contributed by atoms with van der Waals surface area (Å²) in [5.74, 6) is 0.212. The summed E-state index contributed by atoms with van der Waals surface area (Å²) >= 11 is 0. The van der Waals surface area contributed by atoms with Gasteiger partial charge in [0.15, 0.2) is 5.65 Å². The van der Waals surface area contributed by atoms with Gasteiger partial charge in [-0.2, -0.15) is 18.3 Å². The smallest absolute Gasteiger partial charge is 0.401 e. The van der Waals surface area contributed by atoms with Gasteiger partial charge in [-0.3, -0.25) is 9.69 Å². The van der Waals surface area contributed by atoms with E-state index >= 15 is 0 Å². The van der Waals surface area contributed by atoms with Crippen molar-refractivity contribution in [1.82, 2.24) is 19.5 Å². The summed E-state index contributed by atoms with van der Waals surface area (Å²) in [7, 11) is 0. The Morgan fingerprint density at radius 3 is 2.86 bits per heavy atom. The maximum absolute atomic E-state index is 13.3. The minimum Gasteiger partial charge on any atom is -0.484 e. The SMILES string of the molecule is C[C@@]1(CO)Cc2cc(NC(=O)c3cnn4cccnc34)c(N3C[C@@H]4C[C@H]3CN4CC(F)(F)F)cc2O1. The van der Waals surface area contributed by atoms with Crippen LogP contribution in [0.25, 0.3) is 5.65 Å². The van der Waals surface area contributed by atoms with E-state index in [0.717, 1.165) is 5.56 Å². The molecule has 2 aromatic heterocycles. The molecule has 2 N–H and O–H groups in total. The quantitative estimate of drug-likeness (QED) is 0.554. The molecule has 2 fully saturated rings. The van der Waals surface area contributed by atoms with Crippen LogP contribution < -0.4 is 15.0 Å². The Hall–Kier alpha value is -3.38. The van der Waals surface area contributed by atoms with Crippen LogP contribution in [0, 0.1) is 0 Å². The number of carbonyl (C=O) groups is 1. The lowest BCUT2D eigenvalue weighted by molar-refractivity contribution is -0.148. The lowest BCUT2D eigenvalue weighted by atomic mass is 9.99. The number of benzene rings is 1. The molecule has 3 atom stereocenters. The standard InChI is InChI=1S/C24H25F3N6O3/c1-23(13-34)8-14-5-18(30-22(35)17-9-29-33-4-2-3-28-21(17)33)19(7-20(14)36-23)32-11-15-6-16(32)10-31(15)12-24(25,26)27/h2-5,7,9,15-16,34H,6,8,10-13H2,1H3,(H,30,35)/t15-,16-,23-/m0/s1. The number of carbonyl (C=O) groups excluding carboxylic acids is 1. The molecule has 3 aliphatic heterocycles. The molecule has 9 nitrogen and oxygen atoms in total. The van der Waals surface area contributed by atoms with Gasteiger partial charge < -0.3 is 20.1 Å². The summed E-state index contributed by atoms with van der Waals surface area (Å²) in [6.45, 7) is 1.42. The molecular formula is C24H25F3N6O3. The van der Waals surface area contributed by atoms with E-state index in [9.17, 15) is 23.1 Å². The summed E-state index contributed by atoms with van der Waals surface area (Å²) in [6, 6.07) is 5.04. The predicted octanol–water partition coefficient (Wildman–Crippen LogP) is 2.49. The van der Waals surface area contributed by atoms with E-state index in [0.29, 0.717) is 54.3 Å². The summed E-state index contributed by atoms with van der Waals surface area (Å²) in [5, 5.41) is 17.0. The molecule has 2 bridgehead atoms. The second kappa shape index (κ2) is 8.07. The Labute approximate surface area is 204 Å². The van der Waals surface area contributed by atoms with Crippen LogP contribution in [0.2, 0.25) is 0 Å². The third kappa shape index (κ3) is 3.94. The van der Waals surface area contributed by atoms with Gasteiger partial charge in [0.05, 0.1) is 30.7 Å². The second-order valence-electron chi connectivity index (χ2n) is 10.0. The first kappa shape index (κ1) is 23.0. The number of likely N-dealkylation sites (tertiary alicyclic amines) is 1. The van der Waals surface area contributed by atoms with Crippen LogP contribution in [0.5, 0.6) is 5.75 Å². The Morgan fingerprint density at radius 1 is 1.31 bits per heavy atom. The largest absolute Gasteiger partial charge is 0.484 e. The monoisotopic (exact) mass is 502 g/mol. The second-order valence-corrected chi connectivity index (χ2v) is 10.0. The highest BCUT2D eigenvalue weighted by Crippen LogP contribution is 2.45. The van der Waals surface area contributed by atoms with Crippen LogP contribution in [-0.2, 0) is 6.42 Å². The summed E-state index contributed by atoms with van der Waals surface area (Å²) in [4.78, 5) is 21.1. The van der Waals surface area contributed by atoms with Crippen molar-refractivity contribution in [1.29, 1.82) is 0 Å². The highest BCUT2D eigenvalue weighted by atomic mass is 19.4. The van der Waals surface area contributed by atoms with Gasteiger partial charge in [-0.25, -0.2) is 9.50 Å². The van der Waals surface area contributed by atoms with Crippen LogP contribution in [0.1, 0.15) is 29.3 Å². The number of hydrogen-bond acceptors (Lipinski definition) is 7. The molecule has 12 heteroatoms. The number of aliphatic hydroxyl groups excluding tert-OH is 1. The molecule has 190 valence electrons. The minimum atomic E-state index is -4.24. The number of aliphatic hydroxyl groups is 1. The molecule has 2 saturated heterocycles. The third-order valence-electron chi connectivity index (χ3n) is 7.25. The number of aromatic nitrogens is 3. The van der Waals surface area contributed by atoms with Gasteiger partial charge in [0.2, 0.25) is 0 Å². The number of nitrogens with one attached hydrogen (secondary N) is 1. The zero-order valence-electron chi connectivity index (χ0n) is 19.5. The van der Waals surface area contributed by atoms with Gasteiger partial charge in [0.1, 0.15) is 16.9 Å². The van der Waals surface area contributed by atoms with Crippen molar-refractivity contribution < 1.29 is 27.8 Å². The fourth-order valence-corrected chi connectivity index (χ4v) is 5.62. The number of alkyl halides is 3. The average Bonchev–Trinajstić information content (AvgIpc) is 3.58. The molecule has 3 aromatic rings. The van der Waals surface area contributed by atoms with Crippen molar-refractivity contribution in [2.24, 2.45) is 0 Å². The number of nitrogens with zero attached hydrogens (tertiary/aromatic N) is 5. The van der Waals surface area contributed by atoms with Gasteiger partial charge in [0, 0.05) is 55.6 Å². The van der Waals surface area contributed by atoms with E-state index in [1.165, 1.54) is 15.6 Å². The van der Waals surface area contributed by atoms with Crippen molar-refractivity contribution in [3.63, 3.8) is 0 Å². The summed E-state index contributed by atoms with van der Waals surface area (Å²) < 4.78 is 46.6. The van der Waals surface area contributed by atoms with E-state index < -0.39 is 24.2 Å². The average molecular weight is 502 g/mol. The minimum absolute atomic E-state index is 0.115. The molecule has 1 amide bonds. The highest BCUT2D eigenvalue weighted by molar-refractivity contribution is 6.09. The van der Waals surface area contributed by atoms with E-state index in [4.69, 9.17) is 4.74 Å². The van der Waals surface area contributed by atoms with Crippen molar-refractivity contribution in [2.45, 2.75) is 43.6 Å². The third-order valence-corrected chi connectivity index (χ3v) is 7.25. The molecule has 0 spiro atoms. The maximum atomic E-state index is 13.3. The Balaban J connectivity index is 1.33. The van der Waals surface area contributed by atoms with E-state index in [-0.39, 0.29) is 18.7 Å². The van der Waals surface area contributed by atoms with Crippen LogP contribution in [-0.4, -0.2) is 80.6 Å². The van der Waals surface area contributed by atoms with Gasteiger partial charge in [-0.15, -0.1) is 0 Å². The van der Waals surface area contributed by atoms with Gasteiger partial charge in [0.25, 0.3) is 5.91 Å². The van der Waals surface area contributed by atoms with Crippen LogP contribution in [0.15, 0.2) is 36.8 Å². The number of fused-ring (bicyclic) bond motifs is 4. The molecule has 0 saturated carbocycles. The number of amides is 1. The topological polar surface area (TPSA) is 95.2 Å². The fraction of sp³-hybridized carbons (Fsp3) is 0.458. The van der Waals surface area contributed by atoms with Crippen LogP contribution >= 0.6 is 0 Å². The molecule has 6 rings (SSSR count). The van der Waals surface area contributed by atoms with Gasteiger partial charge >= 0.3 is 6.18 Å². The number of ether oxygens (including phenoxy) is 1. The Kier molecular flexibility index (Phi) is 5.16. The Morgan fingerprint density at radius 2 is 2.14 bits per heavy atom. The number of halogens is 3. The van der Waals surface area contributed by atoms with Crippen molar-refractivity contribution in [2.75, 3.05) is 36.5 Å². The van der Waals surface area contributed by atoms with E-state index in [1.54, 1.807) is 18.5 Å². The molecule has 0 unspecified atom stereocenters. The lowest BCUT2D eigenvalue weighted by Crippen LogP contribution is -2.49. The first-order chi connectivity index (χ1) is 17.1. The molecular weight excluding hydrogens is 477 g/mol. The molecule has 0 aliphatic carbocycles. The zero-order chi connectivity index (χ0) is 25.2. The van der Waals surface area contributed by atoms with Gasteiger partial charge in [-0.1, -0.05) is 0 Å². The summed E-state index contributed by atoms with van der Waals surface area (Å²) in [5.41, 5.74) is 2.01. The van der Waals surface area contributed by atoms with Crippen molar-refractivity contribution in [3.8, 4) is 5.75 Å². The number of piperazine rings is 1. The zero-order valence-corrected chi connectivity index (χ0v) is 19.5. The van der Waals surface area contributed by atoms with Gasteiger partial charge in [-0.05, 0) is 25.5 Å². The molecule has 1 aromatic carbocycles.